The van der Waals surface area contributed by atoms with Gasteiger partial charge in [0.1, 0.15) is 0 Å². The number of rotatable bonds is 2. The summed E-state index contributed by atoms with van der Waals surface area (Å²) in [6.07, 6.45) is 0. The van der Waals surface area contributed by atoms with E-state index >= 15 is 0 Å². The molecule has 1 N–H and O–H groups in total. The number of aromatic nitrogens is 2. The van der Waals surface area contributed by atoms with Crippen LogP contribution in [-0.2, 0) is 0 Å². The van der Waals surface area contributed by atoms with Crippen LogP contribution in [0.1, 0.15) is 16.2 Å². The lowest BCUT2D eigenvalue weighted by Gasteiger charge is -2.10. The Bertz CT molecular complexity index is 614. The van der Waals surface area contributed by atoms with Gasteiger partial charge in [0.05, 0.1) is 5.69 Å². The Morgan fingerprint density at radius 3 is 2.22 bits per heavy atom. The van der Waals surface area contributed by atoms with Crippen molar-refractivity contribution in [2.45, 2.75) is 6.92 Å². The van der Waals surface area contributed by atoms with E-state index < -0.39 is 5.97 Å². The molecule has 1 aromatic carbocycles. The van der Waals surface area contributed by atoms with Gasteiger partial charge in [-0.25, -0.2) is 9.48 Å². The molecule has 7 heteroatoms. The second kappa shape index (κ2) is 5.14. The molecule has 1 heterocycles. The third kappa shape index (κ3) is 2.53. The number of carboxylic acid groups (broad SMARTS) is 1. The predicted molar refractivity (Wildman–Crippen MR) is 78.4 cm³/mol. The van der Waals surface area contributed by atoms with Gasteiger partial charge in [-0.1, -0.05) is 15.9 Å². The molecule has 2 aromatic rings. The van der Waals surface area contributed by atoms with Crippen LogP contribution < -0.4 is 0 Å². The van der Waals surface area contributed by atoms with Crippen LogP contribution in [0.4, 0.5) is 0 Å². The zero-order valence-corrected chi connectivity index (χ0v) is 13.9. The molecular weight excluding hydrogens is 432 g/mol. The smallest absolute Gasteiger partial charge is 0.356 e. The van der Waals surface area contributed by atoms with E-state index in [1.807, 2.05) is 12.1 Å². The van der Waals surface area contributed by atoms with Crippen molar-refractivity contribution in [1.29, 1.82) is 0 Å². The number of carbonyl (C=O) groups is 1. The van der Waals surface area contributed by atoms with Gasteiger partial charge in [0, 0.05) is 19.1 Å². The lowest BCUT2D eigenvalue weighted by Crippen LogP contribution is -2.04. The number of hydrogen-bond donors (Lipinski definition) is 1. The summed E-state index contributed by atoms with van der Waals surface area (Å²) >= 11 is 10.3. The van der Waals surface area contributed by atoms with Gasteiger partial charge >= 0.3 is 5.97 Å². The van der Waals surface area contributed by atoms with Crippen LogP contribution in [0, 0.1) is 6.92 Å². The molecule has 0 saturated carbocycles. The largest absolute Gasteiger partial charge is 0.476 e. The summed E-state index contributed by atoms with van der Waals surface area (Å²) in [5.41, 5.74) is 1.54. The number of hydrogen-bond acceptors (Lipinski definition) is 2. The number of nitrogens with zero attached hydrogens (tertiary/aromatic N) is 2. The zero-order chi connectivity index (χ0) is 13.4. The highest BCUT2D eigenvalue weighted by atomic mass is 79.9. The highest BCUT2D eigenvalue weighted by Gasteiger charge is 2.16. The normalized spacial score (nSPS) is 10.7. The van der Waals surface area contributed by atoms with Crippen LogP contribution in [-0.4, -0.2) is 20.9 Å². The fourth-order valence-electron chi connectivity index (χ4n) is 1.54. The van der Waals surface area contributed by atoms with E-state index in [9.17, 15) is 4.79 Å². The van der Waals surface area contributed by atoms with Crippen LogP contribution in [0.25, 0.3) is 5.69 Å². The summed E-state index contributed by atoms with van der Waals surface area (Å²) in [6.45, 7) is 1.81. The second-order valence-electron chi connectivity index (χ2n) is 3.61. The van der Waals surface area contributed by atoms with E-state index in [-0.39, 0.29) is 5.69 Å². The molecule has 1 aromatic heterocycles. The summed E-state index contributed by atoms with van der Waals surface area (Å²) in [5.74, 6) is -1.04. The van der Waals surface area contributed by atoms with Crippen LogP contribution in [0.15, 0.2) is 31.6 Å². The molecule has 0 radical (unpaired) electrons. The molecule has 0 saturated heterocycles. The Balaban J connectivity index is 2.66. The third-order valence-electron chi connectivity index (χ3n) is 2.30. The van der Waals surface area contributed by atoms with E-state index in [4.69, 9.17) is 5.11 Å². The molecule has 0 aliphatic heterocycles. The van der Waals surface area contributed by atoms with Crippen molar-refractivity contribution in [1.82, 2.24) is 9.78 Å². The number of halogens is 3. The van der Waals surface area contributed by atoms with Gasteiger partial charge in [0.2, 0.25) is 0 Å². The Kier molecular flexibility index (Phi) is 3.93. The first-order valence-electron chi connectivity index (χ1n) is 4.85. The van der Waals surface area contributed by atoms with Crippen molar-refractivity contribution in [3.63, 3.8) is 0 Å². The number of aromatic carboxylic acids is 1. The molecule has 0 atom stereocenters. The zero-order valence-electron chi connectivity index (χ0n) is 9.12. The van der Waals surface area contributed by atoms with Gasteiger partial charge in [0.25, 0.3) is 0 Å². The molecule has 0 amide bonds. The van der Waals surface area contributed by atoms with Crippen molar-refractivity contribution in [3.05, 3.63) is 43.0 Å². The predicted octanol–water partition coefficient (Wildman–Crippen LogP) is 4.17. The quantitative estimate of drug-likeness (QED) is 0.765. The number of benzene rings is 1. The van der Waals surface area contributed by atoms with Crippen molar-refractivity contribution >= 4 is 53.8 Å². The van der Waals surface area contributed by atoms with Crippen molar-refractivity contribution < 1.29 is 9.90 Å². The molecule has 18 heavy (non-hydrogen) atoms. The lowest BCUT2D eigenvalue weighted by molar-refractivity contribution is 0.0690. The van der Waals surface area contributed by atoms with Gasteiger partial charge in [-0.15, -0.1) is 0 Å². The fourth-order valence-corrected chi connectivity index (χ4v) is 4.14. The van der Waals surface area contributed by atoms with E-state index in [2.05, 4.69) is 52.9 Å². The summed E-state index contributed by atoms with van der Waals surface area (Å²) < 4.78 is 4.12. The second-order valence-corrected chi connectivity index (χ2v) is 6.23. The standard InChI is InChI=1S/C11H7Br3N2O2/c1-5-2-9(11(17)18)15-16(5)10-7(13)3-6(12)4-8(10)14/h2-4H,1H3,(H,17,18). The Morgan fingerprint density at radius 1 is 1.22 bits per heavy atom. The van der Waals surface area contributed by atoms with E-state index in [0.717, 1.165) is 24.8 Å². The first-order chi connectivity index (χ1) is 8.40. The molecule has 94 valence electrons. The highest BCUT2D eigenvalue weighted by molar-refractivity contribution is 9.11. The topological polar surface area (TPSA) is 55.1 Å². The van der Waals surface area contributed by atoms with E-state index in [0.29, 0.717) is 0 Å². The van der Waals surface area contributed by atoms with Crippen LogP contribution in [0.3, 0.4) is 0 Å². The SMILES string of the molecule is Cc1cc(C(=O)O)nn1-c1c(Br)cc(Br)cc1Br. The minimum absolute atomic E-state index is 0.0224. The summed E-state index contributed by atoms with van der Waals surface area (Å²) in [6, 6.07) is 5.28. The van der Waals surface area contributed by atoms with Crippen LogP contribution in [0.5, 0.6) is 0 Å². The minimum atomic E-state index is -1.04. The van der Waals surface area contributed by atoms with Gasteiger partial charge < -0.3 is 5.11 Å². The van der Waals surface area contributed by atoms with Gasteiger partial charge in [-0.3, -0.25) is 0 Å². The Labute approximate surface area is 128 Å². The van der Waals surface area contributed by atoms with Gasteiger partial charge in [-0.05, 0) is 57.0 Å². The third-order valence-corrected chi connectivity index (χ3v) is 3.97. The lowest BCUT2D eigenvalue weighted by atomic mass is 10.3. The Hall–Kier alpha value is -0.660. The maximum Gasteiger partial charge on any atom is 0.356 e. The molecule has 0 fully saturated rings. The molecule has 2 rings (SSSR count). The average molecular weight is 439 g/mol. The first-order valence-corrected chi connectivity index (χ1v) is 7.23. The molecule has 4 nitrogen and oxygen atoms in total. The molecule has 0 unspecified atom stereocenters. The monoisotopic (exact) mass is 436 g/mol. The number of carboxylic acids is 1. The van der Waals surface area contributed by atoms with Crippen molar-refractivity contribution in [2.75, 3.05) is 0 Å². The minimum Gasteiger partial charge on any atom is -0.476 e. The fraction of sp³-hybridized carbons (Fsp3) is 0.0909. The van der Waals surface area contributed by atoms with E-state index in [1.54, 1.807) is 11.6 Å². The highest BCUT2D eigenvalue weighted by Crippen LogP contribution is 2.33. The van der Waals surface area contributed by atoms with Crippen LogP contribution in [0.2, 0.25) is 0 Å². The summed E-state index contributed by atoms with van der Waals surface area (Å²) in [4.78, 5) is 10.9. The maximum atomic E-state index is 10.9. The molecule has 0 spiro atoms. The van der Waals surface area contributed by atoms with Crippen molar-refractivity contribution in [2.24, 2.45) is 0 Å². The Morgan fingerprint density at radius 2 is 1.78 bits per heavy atom. The average Bonchev–Trinajstić information content (AvgIpc) is 2.59. The van der Waals surface area contributed by atoms with Gasteiger partial charge in [0.15, 0.2) is 5.69 Å². The first kappa shape index (κ1) is 13.8. The number of aryl methyl sites for hydroxylation is 1. The molecule has 0 aliphatic carbocycles. The maximum absolute atomic E-state index is 10.9. The summed E-state index contributed by atoms with van der Waals surface area (Å²) in [7, 11) is 0. The van der Waals surface area contributed by atoms with Crippen LogP contribution >= 0.6 is 47.8 Å². The van der Waals surface area contributed by atoms with E-state index in [1.165, 1.54) is 6.07 Å². The molecular formula is C11H7Br3N2O2. The van der Waals surface area contributed by atoms with Crippen molar-refractivity contribution in [3.8, 4) is 5.69 Å². The van der Waals surface area contributed by atoms with Gasteiger partial charge in [-0.2, -0.15) is 5.10 Å². The summed E-state index contributed by atoms with van der Waals surface area (Å²) in [5, 5.41) is 13.0. The molecule has 0 bridgehead atoms. The molecule has 0 aliphatic rings.